The van der Waals surface area contributed by atoms with E-state index in [4.69, 9.17) is 4.74 Å². The van der Waals surface area contributed by atoms with Gasteiger partial charge in [0.25, 0.3) is 0 Å². The number of carbonyl (C=O) groups excluding carboxylic acids is 3. The Morgan fingerprint density at radius 1 is 0.970 bits per heavy atom. The molecule has 0 radical (unpaired) electrons. The molecule has 8 nitrogen and oxygen atoms in total. The summed E-state index contributed by atoms with van der Waals surface area (Å²) in [7, 11) is 0. The maximum Gasteiger partial charge on any atom is 0.408 e. The first-order valence-corrected chi connectivity index (χ1v) is 11.0. The van der Waals surface area contributed by atoms with Gasteiger partial charge in [-0.15, -0.1) is 0 Å². The highest BCUT2D eigenvalue weighted by Gasteiger charge is 2.35. The lowest BCUT2D eigenvalue weighted by atomic mass is 9.83. The molecule has 0 spiro atoms. The molecule has 0 unspecified atom stereocenters. The van der Waals surface area contributed by atoms with Crippen LogP contribution in [-0.4, -0.2) is 40.9 Å². The predicted molar refractivity (Wildman–Crippen MR) is 120 cm³/mol. The third-order valence-corrected chi connectivity index (χ3v) is 5.66. The minimum absolute atomic E-state index is 0.00445. The van der Waals surface area contributed by atoms with Gasteiger partial charge in [-0.2, -0.15) is 0 Å². The Hall–Kier alpha value is -3.68. The van der Waals surface area contributed by atoms with E-state index in [1.807, 2.05) is 60.7 Å². The number of ketones is 1. The lowest BCUT2D eigenvalue weighted by molar-refractivity contribution is -0.144. The SMILES string of the molecule is O=C1CCC[C@@H]([C@@H](NC(=O)[C@@H](Cc2ccccc2)NC(=O)OCc2ccccc2)C(=O)O)C1. The fourth-order valence-electron chi connectivity index (χ4n) is 3.94. The summed E-state index contributed by atoms with van der Waals surface area (Å²) in [6.45, 7) is 0.0360. The van der Waals surface area contributed by atoms with Gasteiger partial charge < -0.3 is 20.5 Å². The molecule has 1 saturated carbocycles. The molecule has 3 N–H and O–H groups in total. The molecule has 0 bridgehead atoms. The second-order valence-corrected chi connectivity index (χ2v) is 8.17. The maximum absolute atomic E-state index is 13.1. The number of hydrogen-bond acceptors (Lipinski definition) is 5. The number of carbonyl (C=O) groups is 4. The minimum Gasteiger partial charge on any atom is -0.480 e. The van der Waals surface area contributed by atoms with Crippen LogP contribution in [0.25, 0.3) is 0 Å². The van der Waals surface area contributed by atoms with Crippen molar-refractivity contribution < 1.29 is 29.0 Å². The number of hydrogen-bond donors (Lipinski definition) is 3. The topological polar surface area (TPSA) is 122 Å². The van der Waals surface area contributed by atoms with Gasteiger partial charge in [0.15, 0.2) is 0 Å². The number of alkyl carbamates (subject to hydrolysis) is 1. The van der Waals surface area contributed by atoms with Crippen LogP contribution in [0.3, 0.4) is 0 Å². The van der Waals surface area contributed by atoms with Gasteiger partial charge >= 0.3 is 12.1 Å². The summed E-state index contributed by atoms with van der Waals surface area (Å²) in [5.41, 5.74) is 1.59. The molecule has 0 aromatic heterocycles. The van der Waals surface area contributed by atoms with E-state index in [0.29, 0.717) is 19.3 Å². The molecule has 0 heterocycles. The van der Waals surface area contributed by atoms with Gasteiger partial charge in [-0.1, -0.05) is 60.7 Å². The van der Waals surface area contributed by atoms with E-state index in [0.717, 1.165) is 11.1 Å². The van der Waals surface area contributed by atoms with Gasteiger partial charge in [0.1, 0.15) is 24.5 Å². The maximum atomic E-state index is 13.1. The summed E-state index contributed by atoms with van der Waals surface area (Å²) >= 11 is 0. The first kappa shape index (κ1) is 24.0. The smallest absolute Gasteiger partial charge is 0.408 e. The van der Waals surface area contributed by atoms with Crippen molar-refractivity contribution in [3.63, 3.8) is 0 Å². The molecule has 2 aromatic rings. The van der Waals surface area contributed by atoms with Gasteiger partial charge in [-0.05, 0) is 29.9 Å². The zero-order chi connectivity index (χ0) is 23.6. The molecule has 1 fully saturated rings. The van der Waals surface area contributed by atoms with Crippen LogP contribution >= 0.6 is 0 Å². The molecule has 1 aliphatic carbocycles. The van der Waals surface area contributed by atoms with Crippen LogP contribution in [0.15, 0.2) is 60.7 Å². The monoisotopic (exact) mass is 452 g/mol. The fraction of sp³-hybridized carbons (Fsp3) is 0.360. The van der Waals surface area contributed by atoms with Gasteiger partial charge in [-0.3, -0.25) is 9.59 Å². The van der Waals surface area contributed by atoms with E-state index in [1.54, 1.807) is 0 Å². The molecular formula is C25H28N2O6. The predicted octanol–water partition coefficient (Wildman–Crippen LogP) is 2.85. The van der Waals surface area contributed by atoms with Crippen molar-refractivity contribution in [2.45, 2.75) is 50.8 Å². The Morgan fingerprint density at radius 3 is 2.21 bits per heavy atom. The molecule has 174 valence electrons. The molecule has 0 aliphatic heterocycles. The highest BCUT2D eigenvalue weighted by Crippen LogP contribution is 2.24. The number of benzene rings is 2. The minimum atomic E-state index is -1.21. The zero-order valence-electron chi connectivity index (χ0n) is 18.2. The molecule has 2 amide bonds. The van der Waals surface area contributed by atoms with Crippen LogP contribution < -0.4 is 10.6 Å². The van der Waals surface area contributed by atoms with Crippen molar-refractivity contribution in [2.75, 3.05) is 0 Å². The van der Waals surface area contributed by atoms with E-state index in [-0.39, 0.29) is 25.2 Å². The van der Waals surface area contributed by atoms with Gasteiger partial charge in [0.05, 0.1) is 0 Å². The highest BCUT2D eigenvalue weighted by atomic mass is 16.5. The van der Waals surface area contributed by atoms with Crippen LogP contribution in [-0.2, 0) is 32.1 Å². The number of amides is 2. The lowest BCUT2D eigenvalue weighted by Crippen LogP contribution is -2.55. The van der Waals surface area contributed by atoms with Crippen LogP contribution in [0.2, 0.25) is 0 Å². The van der Waals surface area contributed by atoms with E-state index in [2.05, 4.69) is 10.6 Å². The molecule has 33 heavy (non-hydrogen) atoms. The Labute approximate surface area is 192 Å². The number of aliphatic carboxylic acids is 1. The molecule has 2 aromatic carbocycles. The van der Waals surface area contributed by atoms with Gasteiger partial charge in [-0.25, -0.2) is 9.59 Å². The third kappa shape index (κ3) is 7.45. The number of rotatable bonds is 9. The van der Waals surface area contributed by atoms with E-state index in [9.17, 15) is 24.3 Å². The van der Waals surface area contributed by atoms with Crippen molar-refractivity contribution in [1.29, 1.82) is 0 Å². The third-order valence-electron chi connectivity index (χ3n) is 5.66. The first-order valence-electron chi connectivity index (χ1n) is 11.0. The Morgan fingerprint density at radius 2 is 1.61 bits per heavy atom. The molecule has 8 heteroatoms. The Kier molecular flexibility index (Phi) is 8.57. The van der Waals surface area contributed by atoms with Gasteiger partial charge in [0.2, 0.25) is 5.91 Å². The van der Waals surface area contributed by atoms with Crippen molar-refractivity contribution in [1.82, 2.24) is 10.6 Å². The lowest BCUT2D eigenvalue weighted by Gasteiger charge is -2.29. The normalized spacial score (nSPS) is 17.5. The number of ether oxygens (including phenoxy) is 1. The second-order valence-electron chi connectivity index (χ2n) is 8.17. The summed E-state index contributed by atoms with van der Waals surface area (Å²) < 4.78 is 5.24. The molecule has 0 saturated heterocycles. The van der Waals surface area contributed by atoms with Gasteiger partial charge in [0, 0.05) is 19.3 Å². The summed E-state index contributed by atoms with van der Waals surface area (Å²) in [5, 5.41) is 14.8. The van der Waals surface area contributed by atoms with Crippen molar-refractivity contribution >= 4 is 23.8 Å². The van der Waals surface area contributed by atoms with E-state index < -0.39 is 36.0 Å². The fourth-order valence-corrected chi connectivity index (χ4v) is 3.94. The average Bonchev–Trinajstić information content (AvgIpc) is 2.82. The summed E-state index contributed by atoms with van der Waals surface area (Å²) in [4.78, 5) is 49.2. The van der Waals surface area contributed by atoms with Crippen LogP contribution in [0.1, 0.15) is 36.8 Å². The molecule has 3 rings (SSSR count). The Balaban J connectivity index is 1.68. The number of Topliss-reactive ketones (excluding diaryl/α,β-unsaturated/α-hetero) is 1. The quantitative estimate of drug-likeness (QED) is 0.538. The van der Waals surface area contributed by atoms with E-state index in [1.165, 1.54) is 0 Å². The molecule has 3 atom stereocenters. The van der Waals surface area contributed by atoms with Crippen molar-refractivity contribution in [2.24, 2.45) is 5.92 Å². The van der Waals surface area contributed by atoms with Crippen LogP contribution in [0, 0.1) is 5.92 Å². The average molecular weight is 453 g/mol. The largest absolute Gasteiger partial charge is 0.480 e. The number of carboxylic acids is 1. The second kappa shape index (κ2) is 11.8. The summed E-state index contributed by atoms with van der Waals surface area (Å²) in [5.74, 6) is -2.32. The van der Waals surface area contributed by atoms with Crippen LogP contribution in [0.4, 0.5) is 4.79 Å². The summed E-state index contributed by atoms with van der Waals surface area (Å²) in [6.07, 6.45) is 1.06. The number of carboxylic acid groups (broad SMARTS) is 1. The standard InChI is InChI=1S/C25H28N2O6/c28-20-13-7-12-19(15-20)22(24(30)31)27-23(29)21(14-17-8-3-1-4-9-17)26-25(32)33-16-18-10-5-2-6-11-18/h1-6,8-11,19,21-22H,7,12-16H2,(H,26,32)(H,27,29)(H,30,31)/t19-,21-,22-/m1/s1. The van der Waals surface area contributed by atoms with Crippen molar-refractivity contribution in [3.05, 3.63) is 71.8 Å². The zero-order valence-corrected chi connectivity index (χ0v) is 18.2. The molecular weight excluding hydrogens is 424 g/mol. The van der Waals surface area contributed by atoms with Crippen molar-refractivity contribution in [3.8, 4) is 0 Å². The first-order chi connectivity index (χ1) is 15.9. The highest BCUT2D eigenvalue weighted by molar-refractivity contribution is 5.90. The Bertz CT molecular complexity index is 963. The molecule has 1 aliphatic rings. The summed E-state index contributed by atoms with van der Waals surface area (Å²) in [6, 6.07) is 15.9. The van der Waals surface area contributed by atoms with E-state index >= 15 is 0 Å². The number of nitrogens with one attached hydrogen (secondary N) is 2. The van der Waals surface area contributed by atoms with Crippen LogP contribution in [0.5, 0.6) is 0 Å².